The van der Waals surface area contributed by atoms with Crippen molar-refractivity contribution in [2.75, 3.05) is 25.9 Å². The van der Waals surface area contributed by atoms with E-state index in [1.54, 1.807) is 11.8 Å². The van der Waals surface area contributed by atoms with Gasteiger partial charge in [0, 0.05) is 17.1 Å². The molecule has 1 heterocycles. The van der Waals surface area contributed by atoms with Crippen molar-refractivity contribution in [2.45, 2.75) is 11.8 Å². The molecule has 1 amide bonds. The molecule has 0 spiro atoms. The fourth-order valence-corrected chi connectivity index (χ4v) is 3.61. The second-order valence-corrected chi connectivity index (χ2v) is 5.70. The minimum Gasteiger partial charge on any atom is -0.326 e. The van der Waals surface area contributed by atoms with Crippen LogP contribution in [0.2, 0.25) is 5.02 Å². The van der Waals surface area contributed by atoms with Gasteiger partial charge in [0.15, 0.2) is 0 Å². The highest BCUT2D eigenvalue weighted by atomic mass is 35.5. The molecule has 5 heteroatoms. The molecule has 3 nitrogen and oxygen atoms in total. The summed E-state index contributed by atoms with van der Waals surface area (Å²) in [6, 6.07) is 7.77. The largest absolute Gasteiger partial charge is 0.326 e. The third-order valence-corrected chi connectivity index (χ3v) is 4.55. The standard InChI is InChI=1S/C13H17ClN2OS/c1-15-7-4-8-16-12(17)9-18-13(16)10-5-2-3-6-11(10)14/h2-3,5-6,13,15H,4,7-9H2,1H3. The smallest absolute Gasteiger partial charge is 0.233 e. The summed E-state index contributed by atoms with van der Waals surface area (Å²) in [6.45, 7) is 1.70. The Balaban J connectivity index is 2.11. The Morgan fingerprint density at radius 3 is 3.00 bits per heavy atom. The van der Waals surface area contributed by atoms with Crippen LogP contribution in [0.1, 0.15) is 17.4 Å². The lowest BCUT2D eigenvalue weighted by molar-refractivity contribution is -0.128. The quantitative estimate of drug-likeness (QED) is 0.844. The summed E-state index contributed by atoms with van der Waals surface area (Å²) in [5.74, 6) is 0.760. The van der Waals surface area contributed by atoms with Crippen LogP contribution >= 0.6 is 23.4 Å². The Labute approximate surface area is 117 Å². The number of rotatable bonds is 5. The van der Waals surface area contributed by atoms with Gasteiger partial charge in [-0.05, 0) is 26.1 Å². The van der Waals surface area contributed by atoms with E-state index >= 15 is 0 Å². The van der Waals surface area contributed by atoms with Crippen molar-refractivity contribution in [2.24, 2.45) is 0 Å². The lowest BCUT2D eigenvalue weighted by atomic mass is 10.2. The zero-order valence-electron chi connectivity index (χ0n) is 10.4. The van der Waals surface area contributed by atoms with Gasteiger partial charge in [0.05, 0.1) is 5.75 Å². The Bertz CT molecular complexity index is 427. The summed E-state index contributed by atoms with van der Waals surface area (Å²) in [7, 11) is 1.92. The second kappa shape index (κ2) is 6.45. The molecular weight excluding hydrogens is 268 g/mol. The number of carbonyl (C=O) groups is 1. The van der Waals surface area contributed by atoms with Gasteiger partial charge < -0.3 is 10.2 Å². The van der Waals surface area contributed by atoms with E-state index < -0.39 is 0 Å². The SMILES string of the molecule is CNCCCN1C(=O)CSC1c1ccccc1Cl. The highest BCUT2D eigenvalue weighted by Gasteiger charge is 2.33. The Hall–Kier alpha value is -0.710. The Morgan fingerprint density at radius 2 is 2.28 bits per heavy atom. The fraction of sp³-hybridized carbons (Fsp3) is 0.462. The lowest BCUT2D eigenvalue weighted by Gasteiger charge is -2.24. The van der Waals surface area contributed by atoms with E-state index in [0.717, 1.165) is 30.1 Å². The van der Waals surface area contributed by atoms with Crippen molar-refractivity contribution >= 4 is 29.3 Å². The van der Waals surface area contributed by atoms with Crippen LogP contribution in [0, 0.1) is 0 Å². The molecule has 1 atom stereocenters. The number of carbonyl (C=O) groups excluding carboxylic acids is 1. The number of nitrogens with one attached hydrogen (secondary N) is 1. The van der Waals surface area contributed by atoms with Crippen molar-refractivity contribution in [3.05, 3.63) is 34.9 Å². The van der Waals surface area contributed by atoms with E-state index in [2.05, 4.69) is 5.32 Å². The predicted molar refractivity (Wildman–Crippen MR) is 76.9 cm³/mol. The second-order valence-electron chi connectivity index (χ2n) is 4.23. The van der Waals surface area contributed by atoms with E-state index in [1.165, 1.54) is 0 Å². The predicted octanol–water partition coefficient (Wildman–Crippen LogP) is 2.52. The van der Waals surface area contributed by atoms with Crippen LogP contribution in [0.25, 0.3) is 0 Å². The molecule has 0 bridgehead atoms. The van der Waals surface area contributed by atoms with Gasteiger partial charge in [-0.2, -0.15) is 0 Å². The van der Waals surface area contributed by atoms with Crippen molar-refractivity contribution in [3.8, 4) is 0 Å². The summed E-state index contributed by atoms with van der Waals surface area (Å²) >= 11 is 7.87. The monoisotopic (exact) mass is 284 g/mol. The maximum Gasteiger partial charge on any atom is 0.233 e. The molecule has 0 aromatic heterocycles. The number of nitrogens with zero attached hydrogens (tertiary/aromatic N) is 1. The summed E-state index contributed by atoms with van der Waals surface area (Å²) in [5, 5.41) is 3.91. The molecule has 1 unspecified atom stereocenters. The van der Waals surface area contributed by atoms with Crippen LogP contribution in [0.5, 0.6) is 0 Å². The zero-order chi connectivity index (χ0) is 13.0. The average molecular weight is 285 g/mol. The molecule has 1 saturated heterocycles. The number of halogens is 1. The molecule has 1 aliphatic heterocycles. The highest BCUT2D eigenvalue weighted by molar-refractivity contribution is 8.00. The molecule has 0 aliphatic carbocycles. The van der Waals surface area contributed by atoms with E-state index in [1.807, 2.05) is 36.2 Å². The first-order chi connectivity index (χ1) is 8.74. The first kappa shape index (κ1) is 13.7. The van der Waals surface area contributed by atoms with Crippen molar-refractivity contribution in [1.82, 2.24) is 10.2 Å². The Kier molecular flexibility index (Phi) is 4.92. The summed E-state index contributed by atoms with van der Waals surface area (Å²) in [5.41, 5.74) is 1.04. The van der Waals surface area contributed by atoms with Crippen molar-refractivity contribution in [3.63, 3.8) is 0 Å². The van der Waals surface area contributed by atoms with Gasteiger partial charge in [-0.3, -0.25) is 4.79 Å². The maximum absolute atomic E-state index is 11.9. The van der Waals surface area contributed by atoms with Gasteiger partial charge in [0.1, 0.15) is 5.37 Å². The van der Waals surface area contributed by atoms with Gasteiger partial charge in [0.25, 0.3) is 0 Å². The van der Waals surface area contributed by atoms with Crippen molar-refractivity contribution < 1.29 is 4.79 Å². The molecule has 1 aromatic rings. The summed E-state index contributed by atoms with van der Waals surface area (Å²) in [4.78, 5) is 13.8. The van der Waals surface area contributed by atoms with Crippen LogP contribution in [0.4, 0.5) is 0 Å². The Morgan fingerprint density at radius 1 is 1.50 bits per heavy atom. The molecule has 2 rings (SSSR count). The molecule has 18 heavy (non-hydrogen) atoms. The molecule has 1 aliphatic rings. The van der Waals surface area contributed by atoms with Crippen LogP contribution in [0.3, 0.4) is 0 Å². The van der Waals surface area contributed by atoms with Crippen LogP contribution in [-0.4, -0.2) is 36.7 Å². The van der Waals surface area contributed by atoms with Gasteiger partial charge in [-0.1, -0.05) is 29.8 Å². The van der Waals surface area contributed by atoms with E-state index in [0.29, 0.717) is 5.75 Å². The number of hydrogen-bond donors (Lipinski definition) is 1. The third kappa shape index (κ3) is 2.99. The van der Waals surface area contributed by atoms with Crippen LogP contribution in [0.15, 0.2) is 24.3 Å². The molecule has 0 radical (unpaired) electrons. The normalized spacial score (nSPS) is 19.6. The first-order valence-corrected chi connectivity index (χ1v) is 7.47. The van der Waals surface area contributed by atoms with E-state index in [-0.39, 0.29) is 11.3 Å². The maximum atomic E-state index is 11.9. The summed E-state index contributed by atoms with van der Waals surface area (Å²) < 4.78 is 0. The molecular formula is C13H17ClN2OS. The third-order valence-electron chi connectivity index (χ3n) is 2.97. The number of hydrogen-bond acceptors (Lipinski definition) is 3. The highest BCUT2D eigenvalue weighted by Crippen LogP contribution is 2.41. The minimum atomic E-state index is 0.0723. The zero-order valence-corrected chi connectivity index (χ0v) is 11.9. The fourth-order valence-electron chi connectivity index (χ4n) is 2.06. The summed E-state index contributed by atoms with van der Waals surface area (Å²) in [6.07, 6.45) is 0.962. The lowest BCUT2D eigenvalue weighted by Crippen LogP contribution is -2.30. The molecule has 1 fully saturated rings. The van der Waals surface area contributed by atoms with E-state index in [4.69, 9.17) is 11.6 Å². The number of amides is 1. The molecule has 1 aromatic carbocycles. The molecule has 0 saturated carbocycles. The van der Waals surface area contributed by atoms with Gasteiger partial charge in [0.2, 0.25) is 5.91 Å². The van der Waals surface area contributed by atoms with E-state index in [9.17, 15) is 4.79 Å². The average Bonchev–Trinajstić information content (AvgIpc) is 2.72. The van der Waals surface area contributed by atoms with Crippen LogP contribution < -0.4 is 5.32 Å². The van der Waals surface area contributed by atoms with Gasteiger partial charge in [-0.15, -0.1) is 11.8 Å². The van der Waals surface area contributed by atoms with Crippen LogP contribution in [-0.2, 0) is 4.79 Å². The minimum absolute atomic E-state index is 0.0723. The molecule has 1 N–H and O–H groups in total. The van der Waals surface area contributed by atoms with Crippen molar-refractivity contribution in [1.29, 1.82) is 0 Å². The van der Waals surface area contributed by atoms with Gasteiger partial charge >= 0.3 is 0 Å². The number of benzene rings is 1. The number of thioether (sulfide) groups is 1. The first-order valence-electron chi connectivity index (χ1n) is 6.04. The topological polar surface area (TPSA) is 32.3 Å². The van der Waals surface area contributed by atoms with Gasteiger partial charge in [-0.25, -0.2) is 0 Å². The molecule has 98 valence electrons.